The third kappa shape index (κ3) is 5.56. The van der Waals surface area contributed by atoms with Gasteiger partial charge in [0, 0.05) is 25.2 Å². The van der Waals surface area contributed by atoms with E-state index in [2.05, 4.69) is 50.6 Å². The molecule has 2 aliphatic rings. The Hall–Kier alpha value is -1.83. The summed E-state index contributed by atoms with van der Waals surface area (Å²) in [6.45, 7) is 17.6. The van der Waals surface area contributed by atoms with Gasteiger partial charge in [-0.15, -0.1) is 0 Å². The van der Waals surface area contributed by atoms with Gasteiger partial charge in [-0.1, -0.05) is 55.4 Å². The number of ether oxygens (including phenoxy) is 1. The number of hydrogen-bond donors (Lipinski definition) is 3. The van der Waals surface area contributed by atoms with Crippen molar-refractivity contribution in [2.45, 2.75) is 79.9 Å². The van der Waals surface area contributed by atoms with Crippen LogP contribution in [0.25, 0.3) is 0 Å². The molecule has 3 amide bonds. The summed E-state index contributed by atoms with van der Waals surface area (Å²) in [6, 6.07) is -1.37. The summed E-state index contributed by atoms with van der Waals surface area (Å²) < 4.78 is 4.90. The minimum atomic E-state index is -0.710. The Labute approximate surface area is 193 Å². The zero-order chi connectivity index (χ0) is 24.6. The molecule has 1 aliphatic carbocycles. The van der Waals surface area contributed by atoms with Gasteiger partial charge < -0.3 is 25.6 Å². The maximum atomic E-state index is 13.7. The second-order valence-corrected chi connectivity index (χ2v) is 12.2. The maximum Gasteiger partial charge on any atom is 0.315 e. The monoisotopic (exact) mass is 452 g/mol. The van der Waals surface area contributed by atoms with Crippen molar-refractivity contribution in [1.29, 1.82) is 0 Å². The molecule has 8 nitrogen and oxygen atoms in total. The summed E-state index contributed by atoms with van der Waals surface area (Å²) >= 11 is 0. The summed E-state index contributed by atoms with van der Waals surface area (Å²) in [7, 11) is 3.22. The molecule has 8 heteroatoms. The Balaban J connectivity index is 2.19. The van der Waals surface area contributed by atoms with Crippen LogP contribution in [-0.4, -0.2) is 68.2 Å². The number of fused-ring (bicyclic) bond motifs is 1. The Morgan fingerprint density at radius 3 is 2.12 bits per heavy atom. The number of likely N-dealkylation sites (tertiary alicyclic amines) is 1. The lowest BCUT2D eigenvalue weighted by Crippen LogP contribution is -2.61. The summed E-state index contributed by atoms with van der Waals surface area (Å²) in [5, 5.41) is 9.10. The predicted molar refractivity (Wildman–Crippen MR) is 125 cm³/mol. The Bertz CT molecular complexity index is 722. The van der Waals surface area contributed by atoms with Crippen molar-refractivity contribution in [2.24, 2.45) is 28.1 Å². The van der Waals surface area contributed by atoms with Gasteiger partial charge in [-0.3, -0.25) is 9.59 Å². The van der Waals surface area contributed by atoms with Gasteiger partial charge in [-0.2, -0.15) is 0 Å². The van der Waals surface area contributed by atoms with Crippen LogP contribution in [0.1, 0.15) is 61.8 Å². The maximum absolute atomic E-state index is 13.7. The first-order valence-electron chi connectivity index (χ1n) is 11.6. The van der Waals surface area contributed by atoms with E-state index in [9.17, 15) is 14.4 Å². The van der Waals surface area contributed by atoms with Gasteiger partial charge in [0.05, 0.1) is 13.5 Å². The molecule has 1 aliphatic heterocycles. The number of carbonyl (C=O) groups excluding carboxylic acids is 3. The fourth-order valence-electron chi connectivity index (χ4n) is 5.11. The summed E-state index contributed by atoms with van der Waals surface area (Å²) in [5.74, 6) is 0.206. The number of carbonyl (C=O) groups is 3. The summed E-state index contributed by atoms with van der Waals surface area (Å²) in [5.41, 5.74) is -0.521. The smallest absolute Gasteiger partial charge is 0.315 e. The quantitative estimate of drug-likeness (QED) is 0.515. The van der Waals surface area contributed by atoms with Gasteiger partial charge in [0.15, 0.2) is 0 Å². The molecule has 0 aromatic carbocycles. The first kappa shape index (κ1) is 26.4. The molecule has 1 heterocycles. The number of nitrogens with one attached hydrogen (secondary N) is 3. The molecule has 0 spiro atoms. The van der Waals surface area contributed by atoms with Crippen LogP contribution >= 0.6 is 0 Å². The molecule has 1 saturated carbocycles. The van der Waals surface area contributed by atoms with E-state index in [-0.39, 0.29) is 53.2 Å². The summed E-state index contributed by atoms with van der Waals surface area (Å²) in [4.78, 5) is 40.5. The molecule has 1 saturated heterocycles. The van der Waals surface area contributed by atoms with Crippen LogP contribution in [0.5, 0.6) is 0 Å². The molecule has 3 N–H and O–H groups in total. The van der Waals surface area contributed by atoms with E-state index in [4.69, 9.17) is 4.74 Å². The fraction of sp³-hybridized carbons (Fsp3) is 0.875. The van der Waals surface area contributed by atoms with Crippen LogP contribution in [0, 0.1) is 28.1 Å². The molecule has 2 rings (SSSR count). The Kier molecular flexibility index (Phi) is 7.59. The van der Waals surface area contributed by atoms with E-state index >= 15 is 0 Å². The molecule has 32 heavy (non-hydrogen) atoms. The SMILES string of the molecule is CNC[C@@H](NC(=O)N[C@H](C(=O)N1C[C@H]2[C@@H]([C@H]1CC(=O)OC)C2(C)C)C(C)(C)C)C(C)(C)C. The lowest BCUT2D eigenvalue weighted by molar-refractivity contribution is -0.145. The van der Waals surface area contributed by atoms with Crippen LogP contribution in [0.3, 0.4) is 0 Å². The number of hydrogen-bond acceptors (Lipinski definition) is 5. The highest BCUT2D eigenvalue weighted by Gasteiger charge is 2.68. The molecule has 0 unspecified atom stereocenters. The van der Waals surface area contributed by atoms with Crippen molar-refractivity contribution < 1.29 is 19.1 Å². The number of esters is 1. The molecular formula is C24H44N4O4. The van der Waals surface area contributed by atoms with E-state index in [1.54, 1.807) is 0 Å². The molecule has 0 aromatic heterocycles. The third-order valence-corrected chi connectivity index (χ3v) is 7.38. The average Bonchev–Trinajstić information content (AvgIpc) is 2.98. The predicted octanol–water partition coefficient (Wildman–Crippen LogP) is 2.38. The van der Waals surface area contributed by atoms with E-state index in [1.807, 2.05) is 32.7 Å². The zero-order valence-electron chi connectivity index (χ0n) is 21.6. The molecule has 0 bridgehead atoms. The van der Waals surface area contributed by atoms with Crippen molar-refractivity contribution in [3.8, 4) is 0 Å². The average molecular weight is 453 g/mol. The summed E-state index contributed by atoms with van der Waals surface area (Å²) in [6.07, 6.45) is 0.185. The van der Waals surface area contributed by atoms with E-state index in [1.165, 1.54) is 7.11 Å². The van der Waals surface area contributed by atoms with Crippen LogP contribution in [0.4, 0.5) is 4.79 Å². The van der Waals surface area contributed by atoms with Crippen molar-refractivity contribution in [1.82, 2.24) is 20.9 Å². The first-order valence-corrected chi connectivity index (χ1v) is 11.6. The van der Waals surface area contributed by atoms with Gasteiger partial charge >= 0.3 is 12.0 Å². The van der Waals surface area contributed by atoms with Gasteiger partial charge in [0.25, 0.3) is 0 Å². The van der Waals surface area contributed by atoms with Crippen molar-refractivity contribution in [2.75, 3.05) is 27.2 Å². The van der Waals surface area contributed by atoms with Crippen molar-refractivity contribution in [3.05, 3.63) is 0 Å². The minimum absolute atomic E-state index is 0.101. The Morgan fingerprint density at radius 2 is 1.66 bits per heavy atom. The Morgan fingerprint density at radius 1 is 1.06 bits per heavy atom. The van der Waals surface area contributed by atoms with E-state index in [0.29, 0.717) is 19.0 Å². The number of amides is 3. The topological polar surface area (TPSA) is 99.8 Å². The van der Waals surface area contributed by atoms with Crippen molar-refractivity contribution in [3.63, 3.8) is 0 Å². The molecule has 184 valence electrons. The minimum Gasteiger partial charge on any atom is -0.469 e. The normalized spacial score (nSPS) is 26.1. The molecular weight excluding hydrogens is 408 g/mol. The first-order chi connectivity index (χ1) is 14.6. The van der Waals surface area contributed by atoms with Crippen LogP contribution in [0.15, 0.2) is 0 Å². The van der Waals surface area contributed by atoms with E-state index in [0.717, 1.165) is 0 Å². The van der Waals surface area contributed by atoms with Crippen LogP contribution in [-0.2, 0) is 14.3 Å². The van der Waals surface area contributed by atoms with Gasteiger partial charge in [-0.25, -0.2) is 4.79 Å². The van der Waals surface area contributed by atoms with Gasteiger partial charge in [-0.05, 0) is 35.1 Å². The number of methoxy groups -OCH3 is 1. The zero-order valence-corrected chi connectivity index (χ0v) is 21.6. The third-order valence-electron chi connectivity index (χ3n) is 7.38. The number of rotatable bonds is 7. The van der Waals surface area contributed by atoms with Crippen LogP contribution in [0.2, 0.25) is 0 Å². The van der Waals surface area contributed by atoms with E-state index < -0.39 is 11.5 Å². The van der Waals surface area contributed by atoms with Crippen LogP contribution < -0.4 is 16.0 Å². The van der Waals surface area contributed by atoms with Gasteiger partial charge in [0.1, 0.15) is 6.04 Å². The molecule has 0 aromatic rings. The standard InChI is InChI=1S/C24H44N4O4/c1-22(2,3)16(12-25-9)26-21(31)27-19(23(4,5)6)20(30)28-13-14-18(24(14,7)8)15(28)11-17(29)32-10/h14-16,18-19,25H,11-13H2,1-10H3,(H2,26,27,31)/t14-,15+,16+,18-,19+/m0/s1. The number of urea groups is 1. The van der Waals surface area contributed by atoms with Gasteiger partial charge in [0.2, 0.25) is 5.91 Å². The number of nitrogens with zero attached hydrogens (tertiary/aromatic N) is 1. The lowest BCUT2D eigenvalue weighted by atomic mass is 9.85. The highest BCUT2D eigenvalue weighted by molar-refractivity contribution is 5.89. The molecule has 2 fully saturated rings. The highest BCUT2D eigenvalue weighted by Crippen LogP contribution is 2.65. The largest absolute Gasteiger partial charge is 0.469 e. The lowest BCUT2D eigenvalue weighted by Gasteiger charge is -2.38. The number of likely N-dealkylation sites (N-methyl/N-ethyl adjacent to an activating group) is 1. The highest BCUT2D eigenvalue weighted by atomic mass is 16.5. The second-order valence-electron chi connectivity index (χ2n) is 12.2. The van der Waals surface area contributed by atoms with Crippen molar-refractivity contribution >= 4 is 17.9 Å². The second kappa shape index (κ2) is 9.20. The molecule has 0 radical (unpaired) electrons. The fourth-order valence-corrected chi connectivity index (χ4v) is 5.11. The molecule has 5 atom stereocenters. The number of piperidine rings is 1.